The van der Waals surface area contributed by atoms with E-state index in [-0.39, 0.29) is 12.5 Å². The molecule has 6 heteroatoms. The van der Waals surface area contributed by atoms with E-state index in [0.717, 1.165) is 11.8 Å². The molecule has 0 bridgehead atoms. The predicted octanol–water partition coefficient (Wildman–Crippen LogP) is 1.47. The van der Waals surface area contributed by atoms with E-state index in [4.69, 9.17) is 17.3 Å². The summed E-state index contributed by atoms with van der Waals surface area (Å²) in [6.45, 7) is 6.73. The first-order valence-corrected chi connectivity index (χ1v) is 5.44. The minimum atomic E-state index is -1.01. The van der Waals surface area contributed by atoms with E-state index in [1.54, 1.807) is 13.8 Å². The number of rotatable bonds is 3. The zero-order valence-corrected chi connectivity index (χ0v) is 10.1. The highest BCUT2D eigenvalue weighted by Crippen LogP contribution is 2.32. The lowest BCUT2D eigenvalue weighted by Crippen LogP contribution is -2.41. The van der Waals surface area contributed by atoms with Crippen molar-refractivity contribution >= 4 is 40.2 Å². The van der Waals surface area contributed by atoms with Crippen molar-refractivity contribution < 1.29 is 14.7 Å². The van der Waals surface area contributed by atoms with Crippen LogP contribution in [0.5, 0.6) is 0 Å². The molecule has 1 fully saturated rings. The quantitative estimate of drug-likeness (QED) is 0.603. The molecule has 0 aliphatic carbocycles. The summed E-state index contributed by atoms with van der Waals surface area (Å²) in [5.74, 6) is -1.25. The van der Waals surface area contributed by atoms with E-state index in [1.165, 1.54) is 4.90 Å². The average Bonchev–Trinajstić information content (AvgIpc) is 2.32. The van der Waals surface area contributed by atoms with Crippen molar-refractivity contribution in [3.05, 3.63) is 11.5 Å². The van der Waals surface area contributed by atoms with Crippen molar-refractivity contribution in [2.24, 2.45) is 5.41 Å². The number of hydrogen-bond donors (Lipinski definition) is 1. The molecule has 1 aliphatic heterocycles. The minimum Gasteiger partial charge on any atom is -0.481 e. The van der Waals surface area contributed by atoms with E-state index in [1.807, 2.05) is 0 Å². The first-order chi connectivity index (χ1) is 6.75. The Bertz CT molecular complexity index is 362. The van der Waals surface area contributed by atoms with Crippen LogP contribution < -0.4 is 0 Å². The molecule has 1 heterocycles. The molecule has 15 heavy (non-hydrogen) atoms. The second-order valence-corrected chi connectivity index (χ2v) is 5.60. The predicted molar refractivity (Wildman–Crippen MR) is 62.5 cm³/mol. The molecule has 0 atom stereocenters. The second kappa shape index (κ2) is 3.94. The largest absolute Gasteiger partial charge is 0.481 e. The van der Waals surface area contributed by atoms with Gasteiger partial charge in [-0.15, -0.1) is 0 Å². The number of amides is 1. The van der Waals surface area contributed by atoms with Crippen molar-refractivity contribution in [2.75, 3.05) is 6.54 Å². The van der Waals surface area contributed by atoms with Crippen LogP contribution in [-0.4, -0.2) is 32.7 Å². The van der Waals surface area contributed by atoms with Gasteiger partial charge in [0.05, 0.1) is 10.3 Å². The molecule has 1 amide bonds. The van der Waals surface area contributed by atoms with Gasteiger partial charge in [-0.2, -0.15) is 0 Å². The SMILES string of the molecule is C=C1SC(=S)N(CC(C)(C)C(=O)O)C1=O. The molecule has 0 spiro atoms. The van der Waals surface area contributed by atoms with Crippen LogP contribution in [0.4, 0.5) is 0 Å². The van der Waals surface area contributed by atoms with Gasteiger partial charge in [0.1, 0.15) is 4.32 Å². The van der Waals surface area contributed by atoms with E-state index in [2.05, 4.69) is 6.58 Å². The number of thioether (sulfide) groups is 1. The number of carboxylic acid groups (broad SMARTS) is 1. The van der Waals surface area contributed by atoms with Crippen LogP contribution in [0.2, 0.25) is 0 Å². The number of aliphatic carboxylic acids is 1. The minimum absolute atomic E-state index is 0.0754. The summed E-state index contributed by atoms with van der Waals surface area (Å²) in [6.07, 6.45) is 0. The fourth-order valence-corrected chi connectivity index (χ4v) is 2.15. The standard InChI is InChI=1S/C9H11NO3S2/c1-5-6(11)10(8(14)15-5)4-9(2,3)7(12)13/h1,4H2,2-3H3,(H,12,13). The number of hydrogen-bond acceptors (Lipinski definition) is 4. The Morgan fingerprint density at radius 2 is 2.20 bits per heavy atom. The lowest BCUT2D eigenvalue weighted by Gasteiger charge is -2.25. The van der Waals surface area contributed by atoms with E-state index < -0.39 is 11.4 Å². The number of carbonyl (C=O) groups excluding carboxylic acids is 1. The van der Waals surface area contributed by atoms with Crippen molar-refractivity contribution in [3.8, 4) is 0 Å². The van der Waals surface area contributed by atoms with E-state index in [0.29, 0.717) is 9.23 Å². The molecule has 1 N–H and O–H groups in total. The maximum Gasteiger partial charge on any atom is 0.310 e. The third-order valence-electron chi connectivity index (χ3n) is 2.05. The summed E-state index contributed by atoms with van der Waals surface area (Å²) in [6, 6.07) is 0. The lowest BCUT2D eigenvalue weighted by molar-refractivity contribution is -0.147. The molecule has 0 unspecified atom stereocenters. The number of carbonyl (C=O) groups is 2. The Morgan fingerprint density at radius 3 is 2.53 bits per heavy atom. The van der Waals surface area contributed by atoms with Crippen LogP contribution in [0.25, 0.3) is 0 Å². The normalized spacial score (nSPS) is 17.5. The van der Waals surface area contributed by atoms with Gasteiger partial charge in [-0.1, -0.05) is 30.6 Å². The average molecular weight is 245 g/mol. The molecular weight excluding hydrogens is 234 g/mol. The van der Waals surface area contributed by atoms with Gasteiger partial charge in [0.15, 0.2) is 0 Å². The number of carboxylic acids is 1. The Morgan fingerprint density at radius 1 is 1.67 bits per heavy atom. The maximum absolute atomic E-state index is 11.5. The molecule has 82 valence electrons. The van der Waals surface area contributed by atoms with E-state index in [9.17, 15) is 9.59 Å². The molecule has 1 saturated heterocycles. The Balaban J connectivity index is 2.83. The zero-order chi connectivity index (χ0) is 11.8. The Labute approximate surface area is 97.3 Å². The van der Waals surface area contributed by atoms with Gasteiger partial charge in [0.25, 0.3) is 5.91 Å². The van der Waals surface area contributed by atoms with Crippen LogP contribution in [0, 0.1) is 5.41 Å². The van der Waals surface area contributed by atoms with Crippen LogP contribution >= 0.6 is 24.0 Å². The maximum atomic E-state index is 11.5. The molecule has 0 aromatic heterocycles. The van der Waals surface area contributed by atoms with Crippen LogP contribution in [-0.2, 0) is 9.59 Å². The van der Waals surface area contributed by atoms with Gasteiger partial charge in [0.2, 0.25) is 0 Å². The number of thiocarbonyl (C=S) groups is 1. The van der Waals surface area contributed by atoms with Crippen LogP contribution in [0.1, 0.15) is 13.8 Å². The van der Waals surface area contributed by atoms with Gasteiger partial charge in [-0.3, -0.25) is 14.5 Å². The topological polar surface area (TPSA) is 57.6 Å². The van der Waals surface area contributed by atoms with Crippen LogP contribution in [0.3, 0.4) is 0 Å². The first kappa shape index (κ1) is 12.2. The molecule has 0 aromatic carbocycles. The van der Waals surface area contributed by atoms with Crippen molar-refractivity contribution in [1.29, 1.82) is 0 Å². The molecule has 0 aromatic rings. The Kier molecular flexibility index (Phi) is 3.20. The van der Waals surface area contributed by atoms with Gasteiger partial charge >= 0.3 is 5.97 Å². The summed E-state index contributed by atoms with van der Waals surface area (Å²) < 4.78 is 0.374. The summed E-state index contributed by atoms with van der Waals surface area (Å²) in [5.41, 5.74) is -1.01. The Hall–Kier alpha value is -0.880. The molecule has 1 aliphatic rings. The first-order valence-electron chi connectivity index (χ1n) is 4.21. The summed E-state index contributed by atoms with van der Waals surface area (Å²) >= 11 is 6.07. The second-order valence-electron chi connectivity index (χ2n) is 3.87. The third kappa shape index (κ3) is 2.38. The van der Waals surface area contributed by atoms with Gasteiger partial charge in [-0.25, -0.2) is 0 Å². The lowest BCUT2D eigenvalue weighted by atomic mass is 9.93. The van der Waals surface area contributed by atoms with Crippen molar-refractivity contribution in [3.63, 3.8) is 0 Å². The highest BCUT2D eigenvalue weighted by Gasteiger charge is 2.38. The summed E-state index contributed by atoms with van der Waals surface area (Å²) in [4.78, 5) is 24.1. The highest BCUT2D eigenvalue weighted by atomic mass is 32.2. The summed E-state index contributed by atoms with van der Waals surface area (Å²) in [5, 5.41) is 8.93. The molecular formula is C9H11NO3S2. The fourth-order valence-electron chi connectivity index (χ4n) is 1.04. The highest BCUT2D eigenvalue weighted by molar-refractivity contribution is 8.26. The summed E-state index contributed by atoms with van der Waals surface area (Å²) in [7, 11) is 0. The van der Waals surface area contributed by atoms with E-state index >= 15 is 0 Å². The molecule has 0 radical (unpaired) electrons. The third-order valence-corrected chi connectivity index (χ3v) is 3.33. The van der Waals surface area contributed by atoms with Gasteiger partial charge < -0.3 is 5.11 Å². The van der Waals surface area contributed by atoms with Gasteiger partial charge in [0, 0.05) is 6.54 Å². The monoisotopic (exact) mass is 245 g/mol. The van der Waals surface area contributed by atoms with Crippen molar-refractivity contribution in [2.45, 2.75) is 13.8 Å². The van der Waals surface area contributed by atoms with Crippen molar-refractivity contribution in [1.82, 2.24) is 4.90 Å². The van der Waals surface area contributed by atoms with Gasteiger partial charge in [-0.05, 0) is 13.8 Å². The molecule has 0 saturated carbocycles. The zero-order valence-electron chi connectivity index (χ0n) is 8.44. The van der Waals surface area contributed by atoms with Crippen LogP contribution in [0.15, 0.2) is 11.5 Å². The molecule has 1 rings (SSSR count). The molecule has 4 nitrogen and oxygen atoms in total. The smallest absolute Gasteiger partial charge is 0.310 e. The fraction of sp³-hybridized carbons (Fsp3) is 0.444. The number of nitrogens with zero attached hydrogens (tertiary/aromatic N) is 1.